The highest BCUT2D eigenvalue weighted by atomic mass is 16.6. The van der Waals surface area contributed by atoms with Crippen LogP contribution in [0.5, 0.6) is 0 Å². The third-order valence-corrected chi connectivity index (χ3v) is 2.38. The van der Waals surface area contributed by atoms with Crippen LogP contribution in [-0.2, 0) is 9.53 Å². The molecule has 4 nitrogen and oxygen atoms in total. The normalized spacial score (nSPS) is 12.6. The van der Waals surface area contributed by atoms with Crippen molar-refractivity contribution in [2.45, 2.75) is 32.5 Å². The minimum Gasteiger partial charge on any atom is -0.457 e. The van der Waals surface area contributed by atoms with E-state index in [4.69, 9.17) is 4.74 Å². The topological polar surface area (TPSA) is 63.6 Å². The zero-order valence-corrected chi connectivity index (χ0v) is 11.3. The fraction of sp³-hybridized carbons (Fsp3) is 0.333. The van der Waals surface area contributed by atoms with Gasteiger partial charge in [-0.15, -0.1) is 0 Å². The Morgan fingerprint density at radius 3 is 2.26 bits per heavy atom. The second kappa shape index (κ2) is 5.80. The van der Waals surface area contributed by atoms with Crippen molar-refractivity contribution < 1.29 is 19.4 Å². The van der Waals surface area contributed by atoms with Gasteiger partial charge in [0.05, 0.1) is 5.57 Å². The van der Waals surface area contributed by atoms with Crippen LogP contribution in [0.3, 0.4) is 0 Å². The molecule has 102 valence electrons. The summed E-state index contributed by atoms with van der Waals surface area (Å²) < 4.78 is 5.13. The summed E-state index contributed by atoms with van der Waals surface area (Å²) in [5.74, 6) is -0.639. The van der Waals surface area contributed by atoms with Crippen LogP contribution in [0, 0.1) is 0 Å². The molecule has 1 atom stereocenters. The van der Waals surface area contributed by atoms with Crippen LogP contribution in [0.2, 0.25) is 0 Å². The van der Waals surface area contributed by atoms with Crippen LogP contribution in [0.4, 0.5) is 0 Å². The van der Waals surface area contributed by atoms with E-state index in [2.05, 4.69) is 6.58 Å². The molecule has 0 saturated heterocycles. The number of hydrogen-bond donors (Lipinski definition) is 1. The molecule has 0 bridgehead atoms. The monoisotopic (exact) mass is 262 g/mol. The molecule has 4 heteroatoms. The number of rotatable bonds is 4. The van der Waals surface area contributed by atoms with Gasteiger partial charge in [-0.1, -0.05) is 30.8 Å². The first-order chi connectivity index (χ1) is 8.74. The van der Waals surface area contributed by atoms with Crippen molar-refractivity contribution in [2.24, 2.45) is 0 Å². The maximum Gasteiger partial charge on any atom is 0.336 e. The summed E-state index contributed by atoms with van der Waals surface area (Å²) in [5, 5.41) is 10.0. The van der Waals surface area contributed by atoms with Gasteiger partial charge in [-0.05, 0) is 26.3 Å². The van der Waals surface area contributed by atoms with Gasteiger partial charge in [0, 0.05) is 5.56 Å². The fourth-order valence-corrected chi connectivity index (χ4v) is 1.41. The smallest absolute Gasteiger partial charge is 0.336 e. The third-order valence-electron chi connectivity index (χ3n) is 2.38. The number of hydrogen-bond acceptors (Lipinski definition) is 4. The second-order valence-electron chi connectivity index (χ2n) is 5.21. The standard InChI is InChI=1S/C15H18O4/c1-10(14(18)19-15(2,3)4)13(17)12-7-5-11(9-16)6-8-12/h5-9,13,17H,1H2,2-4H3. The molecule has 0 spiro atoms. The third kappa shape index (κ3) is 4.34. The first-order valence-corrected chi connectivity index (χ1v) is 5.90. The highest BCUT2D eigenvalue weighted by Crippen LogP contribution is 2.23. The number of esters is 1. The van der Waals surface area contributed by atoms with Crippen molar-refractivity contribution in [3.05, 3.63) is 47.5 Å². The van der Waals surface area contributed by atoms with Crippen molar-refractivity contribution in [2.75, 3.05) is 0 Å². The van der Waals surface area contributed by atoms with Gasteiger partial charge in [-0.25, -0.2) is 4.79 Å². The van der Waals surface area contributed by atoms with Gasteiger partial charge in [0.25, 0.3) is 0 Å². The number of benzene rings is 1. The minimum atomic E-state index is -1.14. The van der Waals surface area contributed by atoms with Crippen molar-refractivity contribution in [3.8, 4) is 0 Å². The Morgan fingerprint density at radius 1 is 1.32 bits per heavy atom. The zero-order chi connectivity index (χ0) is 14.6. The van der Waals surface area contributed by atoms with Gasteiger partial charge in [0.2, 0.25) is 0 Å². The number of aliphatic hydroxyl groups excluding tert-OH is 1. The molecule has 0 amide bonds. The largest absolute Gasteiger partial charge is 0.457 e. The number of aldehydes is 1. The maximum atomic E-state index is 11.8. The molecule has 0 aliphatic carbocycles. The Labute approximate surface area is 112 Å². The van der Waals surface area contributed by atoms with Crippen LogP contribution in [0.15, 0.2) is 36.4 Å². The number of carbonyl (C=O) groups is 2. The molecular formula is C15H18O4. The lowest BCUT2D eigenvalue weighted by Crippen LogP contribution is -2.26. The van der Waals surface area contributed by atoms with E-state index in [1.807, 2.05) is 0 Å². The highest BCUT2D eigenvalue weighted by Gasteiger charge is 2.24. The Balaban J connectivity index is 2.81. The molecular weight excluding hydrogens is 244 g/mol. The Hall–Kier alpha value is -1.94. The summed E-state index contributed by atoms with van der Waals surface area (Å²) in [6, 6.07) is 6.27. The van der Waals surface area contributed by atoms with Crippen LogP contribution >= 0.6 is 0 Å². The van der Waals surface area contributed by atoms with Gasteiger partial charge < -0.3 is 9.84 Å². The lowest BCUT2D eigenvalue weighted by Gasteiger charge is -2.22. The van der Waals surface area contributed by atoms with E-state index < -0.39 is 17.7 Å². The van der Waals surface area contributed by atoms with Crippen LogP contribution in [0.1, 0.15) is 42.8 Å². The molecule has 1 N–H and O–H groups in total. The van der Waals surface area contributed by atoms with E-state index in [9.17, 15) is 14.7 Å². The molecule has 0 aliphatic heterocycles. The summed E-state index contributed by atoms with van der Waals surface area (Å²) in [5.41, 5.74) is 0.315. The molecule has 0 saturated carbocycles. The van der Waals surface area contributed by atoms with E-state index >= 15 is 0 Å². The number of ether oxygens (including phenoxy) is 1. The molecule has 1 rings (SSSR count). The Kier molecular flexibility index (Phi) is 4.62. The quantitative estimate of drug-likeness (QED) is 0.514. The van der Waals surface area contributed by atoms with Crippen molar-refractivity contribution in [1.82, 2.24) is 0 Å². The van der Waals surface area contributed by atoms with Crippen molar-refractivity contribution in [3.63, 3.8) is 0 Å². The molecule has 0 aromatic heterocycles. The van der Waals surface area contributed by atoms with E-state index in [0.717, 1.165) is 0 Å². The molecule has 1 aromatic rings. The SMILES string of the molecule is C=C(C(=O)OC(C)(C)C)C(O)c1ccc(C=O)cc1. The lowest BCUT2D eigenvalue weighted by molar-refractivity contribution is -0.151. The predicted octanol–water partition coefficient (Wildman–Crippen LogP) is 2.43. The van der Waals surface area contributed by atoms with Crippen molar-refractivity contribution >= 4 is 12.3 Å². The summed E-state index contributed by atoms with van der Waals surface area (Å²) in [6.45, 7) is 8.78. The molecule has 0 radical (unpaired) electrons. The van der Waals surface area contributed by atoms with Gasteiger partial charge >= 0.3 is 5.97 Å². The van der Waals surface area contributed by atoms with Crippen LogP contribution < -0.4 is 0 Å². The molecule has 1 unspecified atom stereocenters. The van der Waals surface area contributed by atoms with Crippen LogP contribution in [0.25, 0.3) is 0 Å². The Bertz CT molecular complexity index is 480. The number of aliphatic hydroxyl groups is 1. The minimum absolute atomic E-state index is 0.0335. The molecule has 0 fully saturated rings. The fourth-order valence-electron chi connectivity index (χ4n) is 1.41. The summed E-state index contributed by atoms with van der Waals surface area (Å²) >= 11 is 0. The molecule has 0 aliphatic rings. The average molecular weight is 262 g/mol. The van der Waals surface area contributed by atoms with Gasteiger partial charge in [-0.3, -0.25) is 4.79 Å². The molecule has 1 aromatic carbocycles. The Morgan fingerprint density at radius 2 is 1.84 bits per heavy atom. The molecule has 0 heterocycles. The van der Waals surface area contributed by atoms with E-state index in [0.29, 0.717) is 17.4 Å². The number of carbonyl (C=O) groups excluding carboxylic acids is 2. The van der Waals surface area contributed by atoms with Gasteiger partial charge in [0.15, 0.2) is 0 Å². The molecule has 19 heavy (non-hydrogen) atoms. The second-order valence-corrected chi connectivity index (χ2v) is 5.21. The lowest BCUT2D eigenvalue weighted by atomic mass is 10.0. The van der Waals surface area contributed by atoms with E-state index in [-0.39, 0.29) is 5.57 Å². The zero-order valence-electron chi connectivity index (χ0n) is 11.3. The predicted molar refractivity (Wildman–Crippen MR) is 71.8 cm³/mol. The highest BCUT2D eigenvalue weighted by molar-refractivity contribution is 5.89. The van der Waals surface area contributed by atoms with Gasteiger partial charge in [-0.2, -0.15) is 0 Å². The van der Waals surface area contributed by atoms with Crippen LogP contribution in [-0.4, -0.2) is 23.0 Å². The van der Waals surface area contributed by atoms with Crippen molar-refractivity contribution in [1.29, 1.82) is 0 Å². The summed E-state index contributed by atoms with van der Waals surface area (Å²) in [4.78, 5) is 22.3. The first kappa shape index (κ1) is 15.1. The summed E-state index contributed by atoms with van der Waals surface area (Å²) in [7, 11) is 0. The first-order valence-electron chi connectivity index (χ1n) is 5.90. The maximum absolute atomic E-state index is 11.8. The summed E-state index contributed by atoms with van der Waals surface area (Å²) in [6.07, 6.45) is -0.436. The van der Waals surface area contributed by atoms with E-state index in [1.165, 1.54) is 0 Å². The van der Waals surface area contributed by atoms with E-state index in [1.54, 1.807) is 45.0 Å². The van der Waals surface area contributed by atoms with Gasteiger partial charge in [0.1, 0.15) is 18.0 Å². The average Bonchev–Trinajstić information content (AvgIpc) is 2.35.